The summed E-state index contributed by atoms with van der Waals surface area (Å²) in [4.78, 5) is 15.5. The summed E-state index contributed by atoms with van der Waals surface area (Å²) in [6, 6.07) is 16.7. The van der Waals surface area contributed by atoms with Gasteiger partial charge in [0, 0.05) is 49.3 Å². The number of benzene rings is 2. The Labute approximate surface area is 178 Å². The van der Waals surface area contributed by atoms with Crippen molar-refractivity contribution in [1.82, 2.24) is 14.8 Å². The lowest BCUT2D eigenvalue weighted by molar-refractivity contribution is 0.0365. The van der Waals surface area contributed by atoms with Gasteiger partial charge in [0.25, 0.3) is 5.91 Å². The van der Waals surface area contributed by atoms with E-state index in [2.05, 4.69) is 65.0 Å². The van der Waals surface area contributed by atoms with Gasteiger partial charge in [0.05, 0.1) is 18.8 Å². The van der Waals surface area contributed by atoms with E-state index >= 15 is 0 Å². The highest BCUT2D eigenvalue weighted by molar-refractivity contribution is 6.08. The van der Waals surface area contributed by atoms with Gasteiger partial charge in [0.2, 0.25) is 0 Å². The first kappa shape index (κ1) is 20.6. The summed E-state index contributed by atoms with van der Waals surface area (Å²) in [5.41, 5.74) is 5.47. The molecule has 4 rings (SSSR count). The molecular weight excluding hydrogens is 374 g/mol. The average molecular weight is 406 g/mol. The van der Waals surface area contributed by atoms with Crippen molar-refractivity contribution in [3.05, 3.63) is 70.9 Å². The van der Waals surface area contributed by atoms with E-state index in [0.29, 0.717) is 6.54 Å². The third-order valence-electron chi connectivity index (χ3n) is 6.02. The molecule has 2 aromatic carbocycles. The predicted molar refractivity (Wildman–Crippen MR) is 121 cm³/mol. The molecular formula is C25H31N3O2. The first-order chi connectivity index (χ1) is 14.6. The fraction of sp³-hybridized carbons (Fsp3) is 0.400. The van der Waals surface area contributed by atoms with Crippen molar-refractivity contribution in [1.29, 1.82) is 0 Å². The van der Waals surface area contributed by atoms with Gasteiger partial charge in [-0.2, -0.15) is 0 Å². The Morgan fingerprint density at radius 1 is 1.00 bits per heavy atom. The number of carbonyl (C=O) groups excluding carboxylic acids is 1. The summed E-state index contributed by atoms with van der Waals surface area (Å²) in [5.74, 6) is 0.0148. The highest BCUT2D eigenvalue weighted by Crippen LogP contribution is 2.26. The van der Waals surface area contributed by atoms with E-state index in [9.17, 15) is 4.79 Å². The van der Waals surface area contributed by atoms with E-state index in [0.717, 1.165) is 68.0 Å². The number of nitrogens with zero attached hydrogens (tertiary/aromatic N) is 2. The number of para-hydroxylation sites is 1. The highest BCUT2D eigenvalue weighted by atomic mass is 16.5. The van der Waals surface area contributed by atoms with Gasteiger partial charge >= 0.3 is 0 Å². The number of hydrogen-bond acceptors (Lipinski definition) is 3. The number of hydrogen-bond donors (Lipinski definition) is 1. The SMILES string of the molecule is Cc1ccc(CCNC(=O)c2c(C)n(CCN3CCOCC3)c3ccccc23)cc1. The highest BCUT2D eigenvalue weighted by Gasteiger charge is 2.20. The van der Waals surface area contributed by atoms with Gasteiger partial charge in [-0.25, -0.2) is 0 Å². The molecule has 1 aromatic heterocycles. The standard InChI is InChI=1S/C25H31N3O2/c1-19-7-9-21(10-8-19)11-12-26-25(29)24-20(2)28(23-6-4-3-5-22(23)24)14-13-27-15-17-30-18-16-27/h3-10H,11-18H2,1-2H3,(H,26,29). The Morgan fingerprint density at radius 2 is 1.73 bits per heavy atom. The van der Waals surface area contributed by atoms with E-state index in [1.165, 1.54) is 11.1 Å². The van der Waals surface area contributed by atoms with E-state index in [1.54, 1.807) is 0 Å². The van der Waals surface area contributed by atoms with Gasteiger partial charge in [-0.05, 0) is 31.9 Å². The fourth-order valence-electron chi connectivity index (χ4n) is 4.24. The number of nitrogens with one attached hydrogen (secondary N) is 1. The lowest BCUT2D eigenvalue weighted by atomic mass is 10.1. The van der Waals surface area contributed by atoms with Crippen LogP contribution in [0.3, 0.4) is 0 Å². The number of morpholine rings is 1. The van der Waals surface area contributed by atoms with Crippen LogP contribution in [0.5, 0.6) is 0 Å². The van der Waals surface area contributed by atoms with Crippen molar-refractivity contribution in [3.63, 3.8) is 0 Å². The van der Waals surface area contributed by atoms with E-state index < -0.39 is 0 Å². The molecule has 158 valence electrons. The molecule has 3 aromatic rings. The summed E-state index contributed by atoms with van der Waals surface area (Å²) >= 11 is 0. The van der Waals surface area contributed by atoms with Crippen molar-refractivity contribution in [3.8, 4) is 0 Å². The monoisotopic (exact) mass is 405 g/mol. The number of amides is 1. The second-order valence-electron chi connectivity index (χ2n) is 8.07. The number of carbonyl (C=O) groups is 1. The van der Waals surface area contributed by atoms with Crippen LogP contribution in [0.2, 0.25) is 0 Å². The van der Waals surface area contributed by atoms with Crippen LogP contribution < -0.4 is 5.32 Å². The third-order valence-corrected chi connectivity index (χ3v) is 6.02. The van der Waals surface area contributed by atoms with Crippen LogP contribution in [-0.2, 0) is 17.7 Å². The topological polar surface area (TPSA) is 46.5 Å². The molecule has 1 amide bonds. The molecule has 1 saturated heterocycles. The first-order valence-electron chi connectivity index (χ1n) is 10.8. The molecule has 0 aliphatic carbocycles. The lowest BCUT2D eigenvalue weighted by Gasteiger charge is -2.27. The van der Waals surface area contributed by atoms with E-state index in [-0.39, 0.29) is 5.91 Å². The summed E-state index contributed by atoms with van der Waals surface area (Å²) in [6.45, 7) is 10.2. The molecule has 5 nitrogen and oxygen atoms in total. The minimum atomic E-state index is 0.0148. The van der Waals surface area contributed by atoms with Gasteiger partial charge in [-0.15, -0.1) is 0 Å². The first-order valence-corrected chi connectivity index (χ1v) is 10.8. The molecule has 1 aliphatic rings. The van der Waals surface area contributed by atoms with Crippen LogP contribution in [-0.4, -0.2) is 54.8 Å². The molecule has 0 spiro atoms. The second-order valence-corrected chi connectivity index (χ2v) is 8.07. The number of rotatable bonds is 7. The number of aryl methyl sites for hydroxylation is 1. The quantitative estimate of drug-likeness (QED) is 0.654. The smallest absolute Gasteiger partial charge is 0.253 e. The van der Waals surface area contributed by atoms with Crippen molar-refractivity contribution in [2.24, 2.45) is 0 Å². The maximum Gasteiger partial charge on any atom is 0.253 e. The van der Waals surface area contributed by atoms with Crippen molar-refractivity contribution < 1.29 is 9.53 Å². The maximum atomic E-state index is 13.1. The van der Waals surface area contributed by atoms with E-state index in [4.69, 9.17) is 4.74 Å². The Balaban J connectivity index is 1.47. The van der Waals surface area contributed by atoms with Gasteiger partial charge in [0.1, 0.15) is 0 Å². The zero-order valence-corrected chi connectivity index (χ0v) is 18.0. The van der Waals surface area contributed by atoms with Crippen LogP contribution in [0.25, 0.3) is 10.9 Å². The van der Waals surface area contributed by atoms with Crippen molar-refractivity contribution in [2.45, 2.75) is 26.8 Å². The molecule has 1 fully saturated rings. The van der Waals surface area contributed by atoms with Gasteiger partial charge in [0.15, 0.2) is 0 Å². The van der Waals surface area contributed by atoms with Gasteiger partial charge in [-0.1, -0.05) is 48.0 Å². The zero-order valence-electron chi connectivity index (χ0n) is 18.0. The van der Waals surface area contributed by atoms with Crippen molar-refractivity contribution >= 4 is 16.8 Å². The molecule has 30 heavy (non-hydrogen) atoms. The van der Waals surface area contributed by atoms with E-state index in [1.807, 2.05) is 12.1 Å². The zero-order chi connectivity index (χ0) is 20.9. The summed E-state index contributed by atoms with van der Waals surface area (Å²) in [5, 5.41) is 4.17. The third kappa shape index (κ3) is 4.58. The largest absolute Gasteiger partial charge is 0.379 e. The van der Waals surface area contributed by atoms with Crippen LogP contribution >= 0.6 is 0 Å². The molecule has 0 radical (unpaired) electrons. The summed E-state index contributed by atoms with van der Waals surface area (Å²) in [6.07, 6.45) is 0.834. The maximum absolute atomic E-state index is 13.1. The molecule has 0 atom stereocenters. The van der Waals surface area contributed by atoms with Gasteiger partial charge < -0.3 is 14.6 Å². The molecule has 1 aliphatic heterocycles. The van der Waals surface area contributed by atoms with Crippen molar-refractivity contribution in [2.75, 3.05) is 39.4 Å². The molecule has 2 heterocycles. The Bertz CT molecular complexity index is 1000. The Hall–Kier alpha value is -2.63. The molecule has 5 heteroatoms. The second kappa shape index (κ2) is 9.45. The van der Waals surface area contributed by atoms with Crippen LogP contribution in [0.4, 0.5) is 0 Å². The number of ether oxygens (including phenoxy) is 1. The molecule has 0 unspecified atom stereocenters. The lowest BCUT2D eigenvalue weighted by Crippen LogP contribution is -2.38. The number of fused-ring (bicyclic) bond motifs is 1. The van der Waals surface area contributed by atoms with Crippen LogP contribution in [0, 0.1) is 13.8 Å². The fourth-order valence-corrected chi connectivity index (χ4v) is 4.24. The summed E-state index contributed by atoms with van der Waals surface area (Å²) < 4.78 is 7.75. The molecule has 1 N–H and O–H groups in total. The minimum absolute atomic E-state index is 0.0148. The van der Waals surface area contributed by atoms with Gasteiger partial charge in [-0.3, -0.25) is 9.69 Å². The summed E-state index contributed by atoms with van der Waals surface area (Å²) in [7, 11) is 0. The van der Waals surface area contributed by atoms with Crippen LogP contribution in [0.1, 0.15) is 27.2 Å². The predicted octanol–water partition coefficient (Wildman–Crippen LogP) is 3.56. The normalized spacial score (nSPS) is 14.9. The van der Waals surface area contributed by atoms with Crippen LogP contribution in [0.15, 0.2) is 48.5 Å². The number of aromatic nitrogens is 1. The minimum Gasteiger partial charge on any atom is -0.379 e. The Morgan fingerprint density at radius 3 is 2.50 bits per heavy atom. The molecule has 0 saturated carbocycles. The average Bonchev–Trinajstić information content (AvgIpc) is 3.05. The molecule has 0 bridgehead atoms. The Kier molecular flexibility index (Phi) is 6.50.